The van der Waals surface area contributed by atoms with Crippen molar-refractivity contribution in [2.75, 3.05) is 7.05 Å². The molecule has 2 heterocycles. The molecular weight excluding hydrogens is 218 g/mol. The Morgan fingerprint density at radius 1 is 1.50 bits per heavy atom. The van der Waals surface area contributed by atoms with Crippen LogP contribution in [0.25, 0.3) is 0 Å². The summed E-state index contributed by atoms with van der Waals surface area (Å²) in [7, 11) is 3.95. The highest BCUT2D eigenvalue weighted by Crippen LogP contribution is 2.18. The second kappa shape index (κ2) is 5.27. The minimum Gasteiger partial charge on any atom is -0.312 e. The van der Waals surface area contributed by atoms with Crippen molar-refractivity contribution in [3.8, 4) is 0 Å². The van der Waals surface area contributed by atoms with Crippen LogP contribution in [-0.2, 0) is 13.5 Å². The first-order chi connectivity index (χ1) is 7.79. The lowest BCUT2D eigenvalue weighted by atomic mass is 10.1. The van der Waals surface area contributed by atoms with Crippen LogP contribution in [0, 0.1) is 0 Å². The van der Waals surface area contributed by atoms with Crippen LogP contribution in [0.15, 0.2) is 29.1 Å². The molecule has 2 rings (SSSR count). The van der Waals surface area contributed by atoms with Crippen LogP contribution in [0.3, 0.4) is 0 Å². The Hall–Kier alpha value is -1.13. The van der Waals surface area contributed by atoms with Gasteiger partial charge in [0.2, 0.25) is 0 Å². The maximum absolute atomic E-state index is 4.44. The van der Waals surface area contributed by atoms with Crippen LogP contribution >= 0.6 is 11.3 Å². The molecule has 1 atom stereocenters. The summed E-state index contributed by atoms with van der Waals surface area (Å²) in [6, 6.07) is 4.62. The Balaban J connectivity index is 1.96. The van der Waals surface area contributed by atoms with Gasteiger partial charge < -0.3 is 5.32 Å². The Kier molecular flexibility index (Phi) is 3.74. The Morgan fingerprint density at radius 2 is 2.38 bits per heavy atom. The summed E-state index contributed by atoms with van der Waals surface area (Å²) >= 11 is 1.76. The van der Waals surface area contributed by atoms with E-state index in [4.69, 9.17) is 0 Å². The molecule has 0 bridgehead atoms. The van der Waals surface area contributed by atoms with Crippen molar-refractivity contribution in [2.24, 2.45) is 7.05 Å². The predicted molar refractivity (Wildman–Crippen MR) is 67.6 cm³/mol. The number of aryl methyl sites for hydroxylation is 2. The third-order valence-corrected chi connectivity index (χ3v) is 3.47. The molecule has 0 aromatic carbocycles. The van der Waals surface area contributed by atoms with Crippen LogP contribution in [0.5, 0.6) is 0 Å². The van der Waals surface area contributed by atoms with Gasteiger partial charge in [0.25, 0.3) is 0 Å². The summed E-state index contributed by atoms with van der Waals surface area (Å²) in [4.78, 5) is 0. The molecule has 0 radical (unpaired) electrons. The van der Waals surface area contributed by atoms with Gasteiger partial charge in [0.05, 0.1) is 11.7 Å². The van der Waals surface area contributed by atoms with Crippen LogP contribution < -0.4 is 5.32 Å². The van der Waals surface area contributed by atoms with Gasteiger partial charge in [-0.1, -0.05) is 0 Å². The van der Waals surface area contributed by atoms with E-state index in [1.807, 2.05) is 25.0 Å². The predicted octanol–water partition coefficient (Wildman–Crippen LogP) is 2.37. The SMILES string of the molecule is CNC(CCc1ccsc1)c1ccn(C)n1. The second-order valence-corrected chi connectivity index (χ2v) is 4.71. The summed E-state index contributed by atoms with van der Waals surface area (Å²) in [5, 5.41) is 12.1. The number of rotatable bonds is 5. The van der Waals surface area contributed by atoms with Crippen LogP contribution in [0.1, 0.15) is 23.7 Å². The smallest absolute Gasteiger partial charge is 0.0793 e. The van der Waals surface area contributed by atoms with E-state index in [0.29, 0.717) is 6.04 Å². The number of hydrogen-bond donors (Lipinski definition) is 1. The zero-order chi connectivity index (χ0) is 11.4. The Morgan fingerprint density at radius 3 is 2.94 bits per heavy atom. The molecule has 4 heteroatoms. The lowest BCUT2D eigenvalue weighted by Crippen LogP contribution is -2.17. The molecule has 0 saturated carbocycles. The standard InChI is InChI=1S/C12H17N3S/c1-13-11(12-5-7-15(2)14-12)4-3-10-6-8-16-9-10/h5-9,11,13H,3-4H2,1-2H3. The van der Waals surface area contributed by atoms with E-state index < -0.39 is 0 Å². The molecule has 0 aliphatic carbocycles. The molecule has 16 heavy (non-hydrogen) atoms. The fourth-order valence-electron chi connectivity index (χ4n) is 1.80. The van der Waals surface area contributed by atoms with Gasteiger partial charge in [-0.15, -0.1) is 0 Å². The van der Waals surface area contributed by atoms with Crippen molar-refractivity contribution in [1.29, 1.82) is 0 Å². The quantitative estimate of drug-likeness (QED) is 0.862. The van der Waals surface area contributed by atoms with Gasteiger partial charge in [-0.3, -0.25) is 4.68 Å². The Labute approximate surface area is 100 Å². The normalized spacial score (nSPS) is 12.9. The summed E-state index contributed by atoms with van der Waals surface area (Å²) in [6.45, 7) is 0. The minimum absolute atomic E-state index is 0.348. The van der Waals surface area contributed by atoms with Gasteiger partial charge in [0.1, 0.15) is 0 Å². The molecule has 0 fully saturated rings. The lowest BCUT2D eigenvalue weighted by Gasteiger charge is -2.12. The van der Waals surface area contributed by atoms with Crippen LogP contribution in [0.2, 0.25) is 0 Å². The number of nitrogens with zero attached hydrogens (tertiary/aromatic N) is 2. The third-order valence-electron chi connectivity index (χ3n) is 2.74. The van der Waals surface area contributed by atoms with Crippen molar-refractivity contribution in [3.63, 3.8) is 0 Å². The fourth-order valence-corrected chi connectivity index (χ4v) is 2.51. The number of nitrogens with one attached hydrogen (secondary N) is 1. The van der Waals surface area contributed by atoms with Crippen molar-refractivity contribution in [2.45, 2.75) is 18.9 Å². The van der Waals surface area contributed by atoms with Crippen LogP contribution in [-0.4, -0.2) is 16.8 Å². The molecule has 0 aliphatic rings. The zero-order valence-corrected chi connectivity index (χ0v) is 10.5. The maximum atomic E-state index is 4.44. The third kappa shape index (κ3) is 2.71. The first kappa shape index (κ1) is 11.4. The highest BCUT2D eigenvalue weighted by molar-refractivity contribution is 7.07. The van der Waals surface area contributed by atoms with Crippen molar-refractivity contribution in [3.05, 3.63) is 40.3 Å². The van der Waals surface area contributed by atoms with E-state index in [2.05, 4.69) is 33.3 Å². The van der Waals surface area contributed by atoms with E-state index in [1.54, 1.807) is 11.3 Å². The zero-order valence-electron chi connectivity index (χ0n) is 9.68. The first-order valence-electron chi connectivity index (χ1n) is 5.47. The number of thiophene rings is 1. The molecule has 0 amide bonds. The highest BCUT2D eigenvalue weighted by atomic mass is 32.1. The molecule has 86 valence electrons. The van der Waals surface area contributed by atoms with Gasteiger partial charge in [0.15, 0.2) is 0 Å². The van der Waals surface area contributed by atoms with Gasteiger partial charge in [0, 0.05) is 13.2 Å². The number of hydrogen-bond acceptors (Lipinski definition) is 3. The molecule has 2 aromatic heterocycles. The largest absolute Gasteiger partial charge is 0.312 e. The lowest BCUT2D eigenvalue weighted by molar-refractivity contribution is 0.527. The van der Waals surface area contributed by atoms with E-state index in [9.17, 15) is 0 Å². The van der Waals surface area contributed by atoms with E-state index in [0.717, 1.165) is 18.5 Å². The molecule has 0 aliphatic heterocycles. The Bertz CT molecular complexity index is 419. The van der Waals surface area contributed by atoms with Crippen molar-refractivity contribution in [1.82, 2.24) is 15.1 Å². The molecular formula is C12H17N3S. The average molecular weight is 235 g/mol. The monoisotopic (exact) mass is 235 g/mol. The first-order valence-corrected chi connectivity index (χ1v) is 6.42. The summed E-state index contributed by atoms with van der Waals surface area (Å²) in [5.74, 6) is 0. The summed E-state index contributed by atoms with van der Waals surface area (Å²) in [5.41, 5.74) is 2.54. The molecule has 0 spiro atoms. The van der Waals surface area contributed by atoms with E-state index in [1.165, 1.54) is 5.56 Å². The van der Waals surface area contributed by atoms with E-state index in [-0.39, 0.29) is 0 Å². The topological polar surface area (TPSA) is 29.9 Å². The van der Waals surface area contributed by atoms with Gasteiger partial charge in [-0.05, 0) is 48.3 Å². The maximum Gasteiger partial charge on any atom is 0.0793 e. The van der Waals surface area contributed by atoms with Gasteiger partial charge in [-0.2, -0.15) is 16.4 Å². The minimum atomic E-state index is 0.348. The van der Waals surface area contributed by atoms with Gasteiger partial charge >= 0.3 is 0 Å². The van der Waals surface area contributed by atoms with E-state index >= 15 is 0 Å². The fraction of sp³-hybridized carbons (Fsp3) is 0.417. The molecule has 1 unspecified atom stereocenters. The molecule has 1 N–H and O–H groups in total. The highest BCUT2D eigenvalue weighted by Gasteiger charge is 2.11. The van der Waals surface area contributed by atoms with Crippen molar-refractivity contribution >= 4 is 11.3 Å². The second-order valence-electron chi connectivity index (χ2n) is 3.93. The van der Waals surface area contributed by atoms with Gasteiger partial charge in [-0.25, -0.2) is 0 Å². The molecule has 2 aromatic rings. The summed E-state index contributed by atoms with van der Waals surface area (Å²) < 4.78 is 1.85. The summed E-state index contributed by atoms with van der Waals surface area (Å²) in [6.07, 6.45) is 4.18. The van der Waals surface area contributed by atoms with Crippen molar-refractivity contribution < 1.29 is 0 Å². The molecule has 3 nitrogen and oxygen atoms in total. The van der Waals surface area contributed by atoms with Crippen LogP contribution in [0.4, 0.5) is 0 Å². The average Bonchev–Trinajstić information content (AvgIpc) is 2.91. The molecule has 0 saturated heterocycles. The number of aromatic nitrogens is 2.